The molecule has 3 rings (SSSR count). The largest absolute Gasteiger partial charge is 0.478 e. The molecule has 1 aromatic rings. The SMILES string of the molecule is CCC1Oc2cc(S(=O)(=O)NC3CCC(O)CC3)c(Br)cc2NC1=O. The van der Waals surface area contributed by atoms with Crippen molar-refractivity contribution < 1.29 is 23.1 Å². The first-order chi connectivity index (χ1) is 11.8. The molecule has 1 aliphatic heterocycles. The summed E-state index contributed by atoms with van der Waals surface area (Å²) < 4.78 is 34.2. The van der Waals surface area contributed by atoms with Gasteiger partial charge in [0.15, 0.2) is 6.10 Å². The number of benzene rings is 1. The van der Waals surface area contributed by atoms with Crippen molar-refractivity contribution in [2.24, 2.45) is 0 Å². The number of fused-ring (bicyclic) bond motifs is 1. The Hall–Kier alpha value is -1.16. The van der Waals surface area contributed by atoms with Crippen LogP contribution in [0, 0.1) is 0 Å². The normalized spacial score (nSPS) is 26.5. The zero-order chi connectivity index (χ0) is 18.2. The maximum absolute atomic E-state index is 12.8. The molecule has 25 heavy (non-hydrogen) atoms. The van der Waals surface area contributed by atoms with Crippen LogP contribution in [0.3, 0.4) is 0 Å². The smallest absolute Gasteiger partial charge is 0.265 e. The Morgan fingerprint density at radius 1 is 1.32 bits per heavy atom. The Balaban J connectivity index is 1.85. The van der Waals surface area contributed by atoms with E-state index >= 15 is 0 Å². The second-order valence-electron chi connectivity index (χ2n) is 6.41. The number of hydrogen-bond acceptors (Lipinski definition) is 5. The average molecular weight is 433 g/mol. The van der Waals surface area contributed by atoms with Gasteiger partial charge in [-0.25, -0.2) is 13.1 Å². The molecule has 1 unspecified atom stereocenters. The minimum Gasteiger partial charge on any atom is -0.478 e. The second-order valence-corrected chi connectivity index (χ2v) is 8.95. The fourth-order valence-corrected chi connectivity index (χ4v) is 5.46. The minimum atomic E-state index is -3.75. The first-order valence-electron chi connectivity index (χ1n) is 8.31. The summed E-state index contributed by atoms with van der Waals surface area (Å²) in [6, 6.07) is 2.78. The molecule has 0 aromatic heterocycles. The summed E-state index contributed by atoms with van der Waals surface area (Å²) in [5.41, 5.74) is 0.446. The highest BCUT2D eigenvalue weighted by molar-refractivity contribution is 9.10. The van der Waals surface area contributed by atoms with Crippen LogP contribution in [0.25, 0.3) is 0 Å². The molecule has 1 fully saturated rings. The maximum atomic E-state index is 12.8. The van der Waals surface area contributed by atoms with E-state index < -0.39 is 16.1 Å². The third-order valence-electron chi connectivity index (χ3n) is 4.53. The van der Waals surface area contributed by atoms with Crippen molar-refractivity contribution in [3.8, 4) is 5.75 Å². The minimum absolute atomic E-state index is 0.0726. The van der Waals surface area contributed by atoms with Gasteiger partial charge in [0.2, 0.25) is 10.0 Å². The molecule has 1 saturated carbocycles. The molecular formula is C16H21BrN2O5S. The Kier molecular flexibility index (Phi) is 5.38. The van der Waals surface area contributed by atoms with E-state index in [9.17, 15) is 18.3 Å². The van der Waals surface area contributed by atoms with E-state index in [4.69, 9.17) is 4.74 Å². The molecule has 0 radical (unpaired) electrons. The Bertz CT molecular complexity index is 775. The number of halogens is 1. The van der Waals surface area contributed by atoms with Crippen LogP contribution in [0.1, 0.15) is 39.0 Å². The second kappa shape index (κ2) is 7.22. The van der Waals surface area contributed by atoms with Crippen LogP contribution in [0.5, 0.6) is 5.75 Å². The topological polar surface area (TPSA) is 105 Å². The van der Waals surface area contributed by atoms with E-state index in [2.05, 4.69) is 26.0 Å². The molecule has 1 atom stereocenters. The van der Waals surface area contributed by atoms with Gasteiger partial charge in [0.1, 0.15) is 10.6 Å². The van der Waals surface area contributed by atoms with Gasteiger partial charge >= 0.3 is 0 Å². The number of aliphatic hydroxyl groups is 1. The molecule has 3 N–H and O–H groups in total. The van der Waals surface area contributed by atoms with E-state index in [1.54, 1.807) is 0 Å². The Labute approximate surface area is 155 Å². The molecule has 1 amide bonds. The maximum Gasteiger partial charge on any atom is 0.265 e. The highest BCUT2D eigenvalue weighted by Gasteiger charge is 2.31. The van der Waals surface area contributed by atoms with Crippen LogP contribution < -0.4 is 14.8 Å². The van der Waals surface area contributed by atoms with Crippen LogP contribution in [0.15, 0.2) is 21.5 Å². The first kappa shape index (κ1) is 18.6. The summed E-state index contributed by atoms with van der Waals surface area (Å²) in [7, 11) is -3.75. The number of rotatable bonds is 4. The van der Waals surface area contributed by atoms with E-state index in [0.29, 0.717) is 48.0 Å². The van der Waals surface area contributed by atoms with Crippen LogP contribution in [0.4, 0.5) is 5.69 Å². The van der Waals surface area contributed by atoms with E-state index in [1.807, 2.05) is 6.92 Å². The van der Waals surface area contributed by atoms with Crippen molar-refractivity contribution in [2.45, 2.75) is 62.2 Å². The molecule has 0 spiro atoms. The van der Waals surface area contributed by atoms with E-state index in [-0.39, 0.29) is 22.9 Å². The lowest BCUT2D eigenvalue weighted by Gasteiger charge is -2.27. The quantitative estimate of drug-likeness (QED) is 0.675. The number of aliphatic hydroxyl groups excluding tert-OH is 1. The third kappa shape index (κ3) is 3.99. The molecule has 1 aromatic carbocycles. The molecule has 138 valence electrons. The zero-order valence-corrected chi connectivity index (χ0v) is 16.2. The lowest BCUT2D eigenvalue weighted by molar-refractivity contribution is -0.123. The summed E-state index contributed by atoms with van der Waals surface area (Å²) in [5.74, 6) is 0.102. The van der Waals surface area contributed by atoms with Gasteiger partial charge in [-0.15, -0.1) is 0 Å². The number of amides is 1. The zero-order valence-electron chi connectivity index (χ0n) is 13.8. The summed E-state index contributed by atoms with van der Waals surface area (Å²) >= 11 is 3.27. The van der Waals surface area contributed by atoms with Gasteiger partial charge in [-0.2, -0.15) is 0 Å². The lowest BCUT2D eigenvalue weighted by atomic mass is 9.94. The number of ether oxygens (including phenoxy) is 1. The van der Waals surface area contributed by atoms with E-state index in [0.717, 1.165) is 0 Å². The van der Waals surface area contributed by atoms with Gasteiger partial charge in [0, 0.05) is 16.6 Å². The molecule has 0 bridgehead atoms. The monoisotopic (exact) mass is 432 g/mol. The molecular weight excluding hydrogens is 412 g/mol. The van der Waals surface area contributed by atoms with Gasteiger partial charge < -0.3 is 15.2 Å². The highest BCUT2D eigenvalue weighted by atomic mass is 79.9. The molecule has 2 aliphatic rings. The van der Waals surface area contributed by atoms with Crippen LogP contribution in [-0.4, -0.2) is 37.7 Å². The van der Waals surface area contributed by atoms with Crippen LogP contribution >= 0.6 is 15.9 Å². The summed E-state index contributed by atoms with van der Waals surface area (Å²) in [4.78, 5) is 11.9. The predicted molar refractivity (Wildman–Crippen MR) is 96.1 cm³/mol. The van der Waals surface area contributed by atoms with Crippen molar-refractivity contribution in [1.82, 2.24) is 4.72 Å². The average Bonchev–Trinajstić information content (AvgIpc) is 2.55. The molecule has 9 heteroatoms. The summed E-state index contributed by atoms with van der Waals surface area (Å²) in [6.45, 7) is 1.82. The first-order valence-corrected chi connectivity index (χ1v) is 10.6. The third-order valence-corrected chi connectivity index (χ3v) is 7.01. The van der Waals surface area contributed by atoms with E-state index in [1.165, 1.54) is 12.1 Å². The van der Waals surface area contributed by atoms with Crippen LogP contribution in [-0.2, 0) is 14.8 Å². The fraction of sp³-hybridized carbons (Fsp3) is 0.562. The highest BCUT2D eigenvalue weighted by Crippen LogP contribution is 2.37. The number of carbonyl (C=O) groups is 1. The number of nitrogens with one attached hydrogen (secondary N) is 2. The van der Waals surface area contributed by atoms with Gasteiger partial charge in [-0.05, 0) is 54.1 Å². The van der Waals surface area contributed by atoms with Gasteiger partial charge in [0.05, 0.1) is 11.8 Å². The molecule has 0 saturated heterocycles. The van der Waals surface area contributed by atoms with Gasteiger partial charge in [-0.1, -0.05) is 6.92 Å². The number of sulfonamides is 1. The van der Waals surface area contributed by atoms with Crippen molar-refractivity contribution in [3.63, 3.8) is 0 Å². The summed E-state index contributed by atoms with van der Waals surface area (Å²) in [6.07, 6.45) is 1.90. The Morgan fingerprint density at radius 3 is 2.64 bits per heavy atom. The van der Waals surface area contributed by atoms with Crippen molar-refractivity contribution >= 4 is 37.5 Å². The van der Waals surface area contributed by atoms with Crippen molar-refractivity contribution in [2.75, 3.05) is 5.32 Å². The molecule has 1 heterocycles. The number of carbonyl (C=O) groups excluding carboxylic acids is 1. The molecule has 1 aliphatic carbocycles. The van der Waals surface area contributed by atoms with Gasteiger partial charge in [-0.3, -0.25) is 4.79 Å². The van der Waals surface area contributed by atoms with Crippen LogP contribution in [0.2, 0.25) is 0 Å². The predicted octanol–water partition coefficient (Wildman–Crippen LogP) is 2.14. The molecule has 7 nitrogen and oxygen atoms in total. The summed E-state index contributed by atoms with van der Waals surface area (Å²) in [5, 5.41) is 12.3. The number of anilines is 1. The van der Waals surface area contributed by atoms with Crippen molar-refractivity contribution in [1.29, 1.82) is 0 Å². The van der Waals surface area contributed by atoms with Crippen molar-refractivity contribution in [3.05, 3.63) is 16.6 Å². The Morgan fingerprint density at radius 2 is 2.00 bits per heavy atom. The standard InChI is InChI=1S/C16H21BrN2O5S/c1-2-13-16(21)18-12-7-11(17)15(8-14(12)24-13)25(22,23)19-9-3-5-10(20)6-4-9/h7-10,13,19-20H,2-6H2,1H3,(H,18,21). The van der Waals surface area contributed by atoms with Gasteiger partial charge in [0.25, 0.3) is 5.91 Å². The number of hydrogen-bond donors (Lipinski definition) is 3. The fourth-order valence-electron chi connectivity index (χ4n) is 3.10. The lowest BCUT2D eigenvalue weighted by Crippen LogP contribution is -2.39.